The van der Waals surface area contributed by atoms with E-state index in [1.807, 2.05) is 25.1 Å². The Hall–Kier alpha value is -2.80. The van der Waals surface area contributed by atoms with E-state index in [-0.39, 0.29) is 17.3 Å². The van der Waals surface area contributed by atoms with E-state index in [0.29, 0.717) is 5.03 Å². The highest BCUT2D eigenvalue weighted by molar-refractivity contribution is 7.99. The van der Waals surface area contributed by atoms with Crippen molar-refractivity contribution in [1.29, 1.82) is 0 Å². The van der Waals surface area contributed by atoms with Crippen LogP contribution in [0.5, 0.6) is 0 Å². The van der Waals surface area contributed by atoms with Gasteiger partial charge in [-0.2, -0.15) is 0 Å². The Morgan fingerprint density at radius 2 is 1.78 bits per heavy atom. The number of amides is 1. The lowest BCUT2D eigenvalue weighted by Gasteiger charge is -2.06. The van der Waals surface area contributed by atoms with E-state index in [9.17, 15) is 13.6 Å². The lowest BCUT2D eigenvalue weighted by molar-refractivity contribution is -0.113. The molecule has 2 aromatic carbocycles. The van der Waals surface area contributed by atoms with Crippen molar-refractivity contribution < 1.29 is 13.6 Å². The van der Waals surface area contributed by atoms with Gasteiger partial charge in [0.2, 0.25) is 5.91 Å². The van der Waals surface area contributed by atoms with E-state index in [0.717, 1.165) is 23.4 Å². The van der Waals surface area contributed by atoms with Crippen molar-refractivity contribution in [2.45, 2.75) is 18.9 Å². The first-order chi connectivity index (χ1) is 12.9. The van der Waals surface area contributed by atoms with Gasteiger partial charge in [-0.3, -0.25) is 4.79 Å². The van der Waals surface area contributed by atoms with Crippen molar-refractivity contribution in [1.82, 2.24) is 10.2 Å². The fraction of sp³-hybridized carbons (Fsp3) is 0.150. The molecule has 1 N–H and O–H groups in total. The number of nitrogens with one attached hydrogen (secondary N) is 1. The first-order valence-corrected chi connectivity index (χ1v) is 9.20. The van der Waals surface area contributed by atoms with Crippen LogP contribution in [0.25, 0.3) is 11.3 Å². The van der Waals surface area contributed by atoms with Gasteiger partial charge >= 0.3 is 0 Å². The Morgan fingerprint density at radius 3 is 2.44 bits per heavy atom. The summed E-state index contributed by atoms with van der Waals surface area (Å²) in [6, 6.07) is 13.0. The van der Waals surface area contributed by atoms with Gasteiger partial charge < -0.3 is 5.32 Å². The molecule has 4 nitrogen and oxygen atoms in total. The zero-order chi connectivity index (χ0) is 19.4. The fourth-order valence-electron chi connectivity index (χ4n) is 2.36. The number of aryl methyl sites for hydroxylation is 2. The average Bonchev–Trinajstić information content (AvgIpc) is 2.66. The van der Waals surface area contributed by atoms with Crippen LogP contribution in [0.4, 0.5) is 14.5 Å². The van der Waals surface area contributed by atoms with Crippen molar-refractivity contribution in [3.05, 3.63) is 71.3 Å². The molecule has 3 aromatic rings. The number of halogens is 2. The lowest BCUT2D eigenvalue weighted by atomic mass is 10.0. The van der Waals surface area contributed by atoms with E-state index in [1.54, 1.807) is 6.07 Å². The molecule has 0 saturated carbocycles. The van der Waals surface area contributed by atoms with Crippen LogP contribution >= 0.6 is 11.8 Å². The van der Waals surface area contributed by atoms with E-state index in [4.69, 9.17) is 0 Å². The minimum Gasteiger partial charge on any atom is -0.325 e. The van der Waals surface area contributed by atoms with Gasteiger partial charge in [-0.25, -0.2) is 8.78 Å². The molecular weight excluding hydrogens is 368 g/mol. The number of benzene rings is 2. The summed E-state index contributed by atoms with van der Waals surface area (Å²) < 4.78 is 26.1. The maximum absolute atomic E-state index is 13.2. The Bertz CT molecular complexity index is 977. The van der Waals surface area contributed by atoms with Crippen LogP contribution in [0.2, 0.25) is 0 Å². The average molecular weight is 385 g/mol. The normalized spacial score (nSPS) is 10.7. The van der Waals surface area contributed by atoms with Crippen LogP contribution in [0.1, 0.15) is 11.1 Å². The third-order valence-corrected chi connectivity index (χ3v) is 4.92. The highest BCUT2D eigenvalue weighted by Crippen LogP contribution is 2.22. The zero-order valence-corrected chi connectivity index (χ0v) is 15.6. The second-order valence-corrected chi connectivity index (χ2v) is 7.02. The van der Waals surface area contributed by atoms with E-state index in [2.05, 4.69) is 28.5 Å². The first-order valence-electron chi connectivity index (χ1n) is 8.21. The van der Waals surface area contributed by atoms with Crippen LogP contribution in [0, 0.1) is 25.5 Å². The van der Waals surface area contributed by atoms with Gasteiger partial charge in [-0.15, -0.1) is 10.2 Å². The number of carbonyl (C=O) groups excluding carboxylic acids is 1. The minimum absolute atomic E-state index is 0.0800. The maximum Gasteiger partial charge on any atom is 0.234 e. The predicted molar refractivity (Wildman–Crippen MR) is 103 cm³/mol. The number of anilines is 1. The van der Waals surface area contributed by atoms with Crippen molar-refractivity contribution >= 4 is 23.4 Å². The van der Waals surface area contributed by atoms with Gasteiger partial charge in [0.15, 0.2) is 11.6 Å². The number of rotatable bonds is 5. The van der Waals surface area contributed by atoms with Crippen LogP contribution < -0.4 is 5.32 Å². The molecule has 138 valence electrons. The molecule has 27 heavy (non-hydrogen) atoms. The summed E-state index contributed by atoms with van der Waals surface area (Å²) in [5, 5.41) is 11.5. The Balaban J connectivity index is 1.58. The van der Waals surface area contributed by atoms with E-state index in [1.165, 1.54) is 29.0 Å². The van der Waals surface area contributed by atoms with Crippen molar-refractivity contribution in [2.75, 3.05) is 11.1 Å². The molecule has 7 heteroatoms. The second kappa shape index (κ2) is 8.26. The summed E-state index contributed by atoms with van der Waals surface area (Å²) in [7, 11) is 0. The quantitative estimate of drug-likeness (QED) is 0.643. The van der Waals surface area contributed by atoms with E-state index >= 15 is 0 Å². The number of aromatic nitrogens is 2. The molecule has 0 spiro atoms. The predicted octanol–water partition coefficient (Wildman–Crippen LogP) is 4.77. The fourth-order valence-corrected chi connectivity index (χ4v) is 2.98. The van der Waals surface area contributed by atoms with Gasteiger partial charge in [0.05, 0.1) is 11.4 Å². The molecule has 0 unspecified atom stereocenters. The number of thioether (sulfide) groups is 1. The first kappa shape index (κ1) is 19.0. The summed E-state index contributed by atoms with van der Waals surface area (Å²) in [4.78, 5) is 11.9. The third kappa shape index (κ3) is 4.89. The highest BCUT2D eigenvalue weighted by atomic mass is 32.2. The SMILES string of the molecule is Cc1ccc(-c2ccc(SCC(=O)Nc3ccc(F)c(F)c3)nn2)cc1C. The van der Waals surface area contributed by atoms with Crippen molar-refractivity contribution in [3.63, 3.8) is 0 Å². The molecular formula is C20H17F2N3OS. The van der Waals surface area contributed by atoms with Gasteiger partial charge in [-0.1, -0.05) is 23.9 Å². The lowest BCUT2D eigenvalue weighted by Crippen LogP contribution is -2.14. The molecule has 1 amide bonds. The largest absolute Gasteiger partial charge is 0.325 e. The van der Waals surface area contributed by atoms with Gasteiger partial charge in [0, 0.05) is 17.3 Å². The van der Waals surface area contributed by atoms with E-state index < -0.39 is 11.6 Å². The van der Waals surface area contributed by atoms with Crippen molar-refractivity contribution in [2.24, 2.45) is 0 Å². The molecule has 3 rings (SSSR count). The summed E-state index contributed by atoms with van der Waals surface area (Å²) in [6.07, 6.45) is 0. The molecule has 0 radical (unpaired) electrons. The maximum atomic E-state index is 13.2. The topological polar surface area (TPSA) is 54.9 Å². The van der Waals surface area contributed by atoms with Crippen LogP contribution in [-0.4, -0.2) is 21.9 Å². The highest BCUT2D eigenvalue weighted by Gasteiger charge is 2.08. The Kier molecular flexibility index (Phi) is 5.81. The monoisotopic (exact) mass is 385 g/mol. The van der Waals surface area contributed by atoms with Crippen molar-refractivity contribution in [3.8, 4) is 11.3 Å². The zero-order valence-electron chi connectivity index (χ0n) is 14.8. The molecule has 0 aliphatic carbocycles. The summed E-state index contributed by atoms with van der Waals surface area (Å²) in [5.41, 5.74) is 4.34. The smallest absolute Gasteiger partial charge is 0.234 e. The molecule has 0 aliphatic heterocycles. The van der Waals surface area contributed by atoms with Crippen LogP contribution in [0.15, 0.2) is 53.6 Å². The summed E-state index contributed by atoms with van der Waals surface area (Å²) in [5.74, 6) is -2.22. The number of hydrogen-bond donors (Lipinski definition) is 1. The molecule has 0 aliphatic rings. The molecule has 0 bridgehead atoms. The number of carbonyl (C=O) groups is 1. The summed E-state index contributed by atoms with van der Waals surface area (Å²) >= 11 is 1.21. The second-order valence-electron chi connectivity index (χ2n) is 6.02. The minimum atomic E-state index is -1.01. The molecule has 1 aromatic heterocycles. The number of hydrogen-bond acceptors (Lipinski definition) is 4. The molecule has 0 atom stereocenters. The van der Waals surface area contributed by atoms with Crippen LogP contribution in [0.3, 0.4) is 0 Å². The van der Waals surface area contributed by atoms with Crippen LogP contribution in [-0.2, 0) is 4.79 Å². The number of nitrogens with zero attached hydrogens (tertiary/aromatic N) is 2. The van der Waals surface area contributed by atoms with Gasteiger partial charge in [-0.05, 0) is 55.3 Å². The standard InChI is InChI=1S/C20H17F2N3OS/c1-12-3-4-14(9-13(12)2)18-7-8-20(25-24-18)27-11-19(26)23-15-5-6-16(21)17(22)10-15/h3-10H,11H2,1-2H3,(H,23,26). The summed E-state index contributed by atoms with van der Waals surface area (Å²) in [6.45, 7) is 4.10. The molecule has 0 saturated heterocycles. The molecule has 1 heterocycles. The Labute approximate surface area is 160 Å². The van der Waals surface area contributed by atoms with Gasteiger partial charge in [0.25, 0.3) is 0 Å². The third-order valence-electron chi connectivity index (χ3n) is 4.00. The molecule has 0 fully saturated rings. The van der Waals surface area contributed by atoms with Gasteiger partial charge in [0.1, 0.15) is 5.03 Å². The Morgan fingerprint density at radius 1 is 0.963 bits per heavy atom.